The number of rotatable bonds is 6. The van der Waals surface area contributed by atoms with Crippen molar-refractivity contribution in [2.24, 2.45) is 0 Å². The maximum absolute atomic E-state index is 5.93. The highest BCUT2D eigenvalue weighted by Crippen LogP contribution is 2.22. The van der Waals surface area contributed by atoms with E-state index in [0.29, 0.717) is 6.04 Å². The standard InChI is InChI=1S/C15H20ClN3S/c1-11(12-4-6-13(16)7-5-12)19(3)9-14-10-20-15(18-14)8-17-2/h4-7,10-11,17H,8-9H2,1-3H3. The molecule has 1 atom stereocenters. The van der Waals surface area contributed by atoms with Gasteiger partial charge in [0.05, 0.1) is 5.69 Å². The minimum atomic E-state index is 0.335. The van der Waals surface area contributed by atoms with Gasteiger partial charge in [-0.3, -0.25) is 4.90 Å². The molecule has 20 heavy (non-hydrogen) atoms. The first-order valence-electron chi connectivity index (χ1n) is 6.63. The molecule has 1 aromatic heterocycles. The Balaban J connectivity index is 1.99. The van der Waals surface area contributed by atoms with Gasteiger partial charge in [-0.05, 0) is 38.7 Å². The predicted octanol–water partition coefficient (Wildman–Crippen LogP) is 3.71. The highest BCUT2D eigenvalue weighted by Gasteiger charge is 2.13. The summed E-state index contributed by atoms with van der Waals surface area (Å²) in [6.07, 6.45) is 0. The average molecular weight is 310 g/mol. The van der Waals surface area contributed by atoms with Crippen molar-refractivity contribution >= 4 is 22.9 Å². The monoisotopic (exact) mass is 309 g/mol. The molecular weight excluding hydrogens is 290 g/mol. The molecule has 0 radical (unpaired) electrons. The number of nitrogens with zero attached hydrogens (tertiary/aromatic N) is 2. The number of aromatic nitrogens is 1. The summed E-state index contributed by atoms with van der Waals surface area (Å²) >= 11 is 7.64. The first kappa shape index (κ1) is 15.4. The average Bonchev–Trinajstić information content (AvgIpc) is 2.86. The number of hydrogen-bond acceptors (Lipinski definition) is 4. The Hall–Kier alpha value is -0.940. The Labute approximate surface area is 129 Å². The summed E-state index contributed by atoms with van der Waals surface area (Å²) < 4.78 is 0. The van der Waals surface area contributed by atoms with Crippen LogP contribution in [0.4, 0.5) is 0 Å². The third-order valence-electron chi connectivity index (χ3n) is 3.35. The van der Waals surface area contributed by atoms with Crippen molar-refractivity contribution in [2.45, 2.75) is 26.1 Å². The van der Waals surface area contributed by atoms with E-state index in [2.05, 4.69) is 46.7 Å². The van der Waals surface area contributed by atoms with Gasteiger partial charge >= 0.3 is 0 Å². The van der Waals surface area contributed by atoms with E-state index in [9.17, 15) is 0 Å². The molecule has 0 aliphatic heterocycles. The van der Waals surface area contributed by atoms with Crippen molar-refractivity contribution in [1.82, 2.24) is 15.2 Å². The molecular formula is C15H20ClN3S. The number of hydrogen-bond donors (Lipinski definition) is 1. The van der Waals surface area contributed by atoms with Gasteiger partial charge in [0, 0.05) is 29.5 Å². The molecule has 2 rings (SSSR count). The first-order chi connectivity index (χ1) is 9.60. The van der Waals surface area contributed by atoms with Crippen LogP contribution < -0.4 is 5.32 Å². The number of thiazole rings is 1. The Morgan fingerprint density at radius 3 is 2.70 bits per heavy atom. The number of halogens is 1. The van der Waals surface area contributed by atoms with Crippen molar-refractivity contribution in [1.29, 1.82) is 0 Å². The second-order valence-electron chi connectivity index (χ2n) is 4.91. The smallest absolute Gasteiger partial charge is 0.107 e. The molecule has 0 bridgehead atoms. The molecule has 2 aromatic rings. The van der Waals surface area contributed by atoms with Gasteiger partial charge in [-0.15, -0.1) is 11.3 Å². The molecule has 0 amide bonds. The number of nitrogens with one attached hydrogen (secondary N) is 1. The molecule has 3 nitrogen and oxygen atoms in total. The minimum absolute atomic E-state index is 0.335. The highest BCUT2D eigenvalue weighted by atomic mass is 35.5. The molecule has 0 spiro atoms. The lowest BCUT2D eigenvalue weighted by Gasteiger charge is -2.24. The minimum Gasteiger partial charge on any atom is -0.314 e. The van der Waals surface area contributed by atoms with Crippen LogP contribution in [0.3, 0.4) is 0 Å². The molecule has 1 unspecified atom stereocenters. The fourth-order valence-electron chi connectivity index (χ4n) is 2.04. The van der Waals surface area contributed by atoms with Crippen molar-refractivity contribution in [3.8, 4) is 0 Å². The Bertz CT molecular complexity index is 538. The van der Waals surface area contributed by atoms with Crippen LogP contribution in [0.1, 0.15) is 29.2 Å². The van der Waals surface area contributed by atoms with Gasteiger partial charge in [-0.25, -0.2) is 4.98 Å². The van der Waals surface area contributed by atoms with E-state index in [1.165, 1.54) is 5.56 Å². The van der Waals surface area contributed by atoms with Crippen LogP contribution in [0.25, 0.3) is 0 Å². The van der Waals surface area contributed by atoms with Crippen LogP contribution in [0.2, 0.25) is 5.02 Å². The second kappa shape index (κ2) is 7.18. The summed E-state index contributed by atoms with van der Waals surface area (Å²) in [5.74, 6) is 0. The fraction of sp³-hybridized carbons (Fsp3) is 0.400. The van der Waals surface area contributed by atoms with Crippen LogP contribution in [0, 0.1) is 0 Å². The molecule has 0 saturated carbocycles. The Morgan fingerprint density at radius 2 is 2.05 bits per heavy atom. The summed E-state index contributed by atoms with van der Waals surface area (Å²) in [6, 6.07) is 8.37. The van der Waals surface area contributed by atoms with Gasteiger partial charge in [-0.2, -0.15) is 0 Å². The van der Waals surface area contributed by atoms with E-state index >= 15 is 0 Å². The van der Waals surface area contributed by atoms with Gasteiger partial charge in [0.15, 0.2) is 0 Å². The summed E-state index contributed by atoms with van der Waals surface area (Å²) in [5.41, 5.74) is 2.39. The van der Waals surface area contributed by atoms with Gasteiger partial charge in [0.1, 0.15) is 5.01 Å². The maximum atomic E-state index is 5.93. The highest BCUT2D eigenvalue weighted by molar-refractivity contribution is 7.09. The van der Waals surface area contributed by atoms with Gasteiger partial charge in [-0.1, -0.05) is 23.7 Å². The molecule has 0 aliphatic rings. The lowest BCUT2D eigenvalue weighted by atomic mass is 10.1. The SMILES string of the molecule is CNCc1nc(CN(C)C(C)c2ccc(Cl)cc2)cs1. The van der Waals surface area contributed by atoms with Crippen LogP contribution in [-0.2, 0) is 13.1 Å². The van der Waals surface area contributed by atoms with E-state index in [1.54, 1.807) is 11.3 Å². The molecule has 108 valence electrons. The normalized spacial score (nSPS) is 12.8. The summed E-state index contributed by atoms with van der Waals surface area (Å²) in [6.45, 7) is 3.88. The molecule has 1 aromatic carbocycles. The molecule has 0 saturated heterocycles. The Morgan fingerprint density at radius 1 is 1.35 bits per heavy atom. The second-order valence-corrected chi connectivity index (χ2v) is 6.28. The molecule has 5 heteroatoms. The van der Waals surface area contributed by atoms with Crippen molar-refractivity contribution in [3.05, 3.63) is 50.9 Å². The quantitative estimate of drug-likeness (QED) is 0.881. The molecule has 1 heterocycles. The van der Waals surface area contributed by atoms with E-state index < -0.39 is 0 Å². The summed E-state index contributed by atoms with van der Waals surface area (Å²) in [4.78, 5) is 6.92. The zero-order chi connectivity index (χ0) is 14.5. The van der Waals surface area contributed by atoms with Gasteiger partial charge in [0.2, 0.25) is 0 Å². The topological polar surface area (TPSA) is 28.2 Å². The first-order valence-corrected chi connectivity index (χ1v) is 7.89. The molecule has 0 aliphatic carbocycles. The van der Waals surface area contributed by atoms with Crippen molar-refractivity contribution in [2.75, 3.05) is 14.1 Å². The molecule has 0 fully saturated rings. The summed E-state index contributed by atoms with van der Waals surface area (Å²) in [5, 5.41) is 7.17. The van der Waals surface area contributed by atoms with Crippen molar-refractivity contribution < 1.29 is 0 Å². The fourth-order valence-corrected chi connectivity index (χ4v) is 2.97. The predicted molar refractivity (Wildman–Crippen MR) is 86.2 cm³/mol. The van der Waals surface area contributed by atoms with Crippen LogP contribution in [-0.4, -0.2) is 24.0 Å². The van der Waals surface area contributed by atoms with Crippen LogP contribution >= 0.6 is 22.9 Å². The maximum Gasteiger partial charge on any atom is 0.107 e. The largest absolute Gasteiger partial charge is 0.314 e. The lowest BCUT2D eigenvalue weighted by molar-refractivity contribution is 0.250. The van der Waals surface area contributed by atoms with Crippen LogP contribution in [0.5, 0.6) is 0 Å². The zero-order valence-corrected chi connectivity index (χ0v) is 13.6. The van der Waals surface area contributed by atoms with Crippen molar-refractivity contribution in [3.63, 3.8) is 0 Å². The zero-order valence-electron chi connectivity index (χ0n) is 12.1. The van der Waals surface area contributed by atoms with E-state index in [1.807, 2.05) is 19.2 Å². The van der Waals surface area contributed by atoms with Gasteiger partial charge in [0.25, 0.3) is 0 Å². The Kier molecular flexibility index (Phi) is 5.54. The van der Waals surface area contributed by atoms with Gasteiger partial charge < -0.3 is 5.32 Å². The third-order valence-corrected chi connectivity index (χ3v) is 4.50. The molecule has 1 N–H and O–H groups in total. The van der Waals surface area contributed by atoms with E-state index in [0.717, 1.165) is 28.8 Å². The number of benzene rings is 1. The summed E-state index contributed by atoms with van der Waals surface area (Å²) in [7, 11) is 4.06. The van der Waals surface area contributed by atoms with E-state index in [4.69, 9.17) is 11.6 Å². The van der Waals surface area contributed by atoms with Crippen LogP contribution in [0.15, 0.2) is 29.6 Å². The third kappa shape index (κ3) is 4.03. The lowest BCUT2D eigenvalue weighted by Crippen LogP contribution is -2.22. The van der Waals surface area contributed by atoms with E-state index in [-0.39, 0.29) is 0 Å².